The molecule has 0 unspecified atom stereocenters. The minimum absolute atomic E-state index is 0. The van der Waals surface area contributed by atoms with Crippen molar-refractivity contribution in [2.24, 2.45) is 0 Å². The van der Waals surface area contributed by atoms with Crippen LogP contribution < -0.4 is 0 Å². The van der Waals surface area contributed by atoms with Gasteiger partial charge in [-0.05, 0) is 0 Å². The Morgan fingerprint density at radius 2 is 1.11 bits per heavy atom. The third-order valence-electron chi connectivity index (χ3n) is 0. The molecule has 1 nitrogen and oxygen atoms in total. The van der Waals surface area contributed by atoms with Gasteiger partial charge < -0.3 is 26.6 Å². The van der Waals surface area contributed by atoms with Gasteiger partial charge in [0.05, 0.1) is 0 Å². The van der Waals surface area contributed by atoms with Gasteiger partial charge in [0.1, 0.15) is 0 Å². The number of hydrogen-bond acceptors (Lipinski definition) is 1. The van der Waals surface area contributed by atoms with Crippen LogP contribution in [-0.2, 0) is 70.2 Å². The van der Waals surface area contributed by atoms with Crippen LogP contribution in [0.4, 0.5) is 0 Å². The average molecular weight is 280 g/mol. The molecule has 0 saturated carbocycles. The summed E-state index contributed by atoms with van der Waals surface area (Å²) in [5.74, 6) is 0. The van der Waals surface area contributed by atoms with Gasteiger partial charge in [-0.2, -0.15) is 13.8 Å². The van der Waals surface area contributed by atoms with Gasteiger partial charge in [0.25, 0.3) is 0 Å². The molecule has 0 saturated heterocycles. The van der Waals surface area contributed by atoms with Crippen molar-refractivity contribution in [3.8, 4) is 0 Å². The molecule has 0 N–H and O–H groups in total. The Hall–Kier alpha value is 1.88. The zero-order valence-electron chi connectivity index (χ0n) is 6.77. The molecule has 0 atom stereocenters. The molecule has 2 radical (unpaired) electrons. The fourth-order valence-corrected chi connectivity index (χ4v) is 0. The molecule has 0 rings (SSSR count). The molecule has 0 aliphatic rings. The van der Waals surface area contributed by atoms with Crippen LogP contribution in [0.5, 0.6) is 0 Å². The zero-order valence-corrected chi connectivity index (χ0v) is 12.4. The number of rotatable bonds is 0. The van der Waals surface area contributed by atoms with Gasteiger partial charge in [-0.1, -0.05) is 0 Å². The molecule has 0 aromatic heterocycles. The maximum absolute atomic E-state index is 8.68. The molecule has 0 aromatic carbocycles. The first-order chi connectivity index (χ1) is 2.41. The van der Waals surface area contributed by atoms with E-state index in [0.29, 0.717) is 0 Å². The van der Waals surface area contributed by atoms with Crippen molar-refractivity contribution in [2.45, 2.75) is 13.8 Å². The third-order valence-corrected chi connectivity index (χ3v) is 0. The van der Waals surface area contributed by atoms with Crippen LogP contribution in [0.3, 0.4) is 0 Å². The summed E-state index contributed by atoms with van der Waals surface area (Å²) in [7, 11) is 0. The Balaban J connectivity index is -0.00000000357. The van der Waals surface area contributed by atoms with Crippen molar-refractivity contribution in [1.29, 1.82) is 0 Å². The van der Waals surface area contributed by atoms with E-state index in [2.05, 4.69) is 6.92 Å². The molecule has 0 spiro atoms. The van der Waals surface area contributed by atoms with Gasteiger partial charge >= 0.3 is 0 Å². The molecule has 0 aliphatic heterocycles. The van der Waals surface area contributed by atoms with E-state index in [1.54, 1.807) is 6.92 Å². The monoisotopic (exact) mass is 280 g/mol. The molecule has 0 aromatic rings. The summed E-state index contributed by atoms with van der Waals surface area (Å²) in [4.78, 5) is 8.68. The Kier molecular flexibility index (Phi) is 466. The molecular formula is C6H14OY2-4. The summed E-state index contributed by atoms with van der Waals surface area (Å²) in [6, 6.07) is 0. The standard InChI is InChI=1S/C2H3O.C2H5.2CH3.2Y/c1-2-3;1-2;;;;/h1H3;1H2,2H3;2*1H3;;/q4*-1;;. The van der Waals surface area contributed by atoms with Gasteiger partial charge in [0.15, 0.2) is 0 Å². The predicted octanol–water partition coefficient (Wildman–Crippen LogP) is 1.85. The maximum atomic E-state index is 8.68. The van der Waals surface area contributed by atoms with Crippen LogP contribution >= 0.6 is 0 Å². The van der Waals surface area contributed by atoms with E-state index < -0.39 is 0 Å². The topological polar surface area (TPSA) is 17.1 Å². The fourth-order valence-electron chi connectivity index (χ4n) is 0. The minimum Gasteiger partial charge on any atom is -0.542 e. The van der Waals surface area contributed by atoms with Crippen LogP contribution in [0.1, 0.15) is 13.8 Å². The van der Waals surface area contributed by atoms with Crippen LogP contribution in [0, 0.1) is 21.8 Å². The first kappa shape index (κ1) is 44.6. The van der Waals surface area contributed by atoms with E-state index in [4.69, 9.17) is 4.79 Å². The maximum Gasteiger partial charge on any atom is 0 e. The smallest absolute Gasteiger partial charge is 0 e. The summed E-state index contributed by atoms with van der Waals surface area (Å²) >= 11 is 0. The Labute approximate surface area is 111 Å². The van der Waals surface area contributed by atoms with Crippen LogP contribution in [0.2, 0.25) is 0 Å². The van der Waals surface area contributed by atoms with Crippen LogP contribution in [0.25, 0.3) is 0 Å². The second kappa shape index (κ2) is 94.0. The number of carbonyl (C=O) groups excluding carboxylic acids is 1. The quantitative estimate of drug-likeness (QED) is 0.619. The molecule has 0 fully saturated rings. The van der Waals surface area contributed by atoms with Crippen LogP contribution in [-0.4, -0.2) is 6.29 Å². The normalized spacial score (nSPS) is 2.11. The second-order valence-electron chi connectivity index (χ2n) is 0.204. The molecule has 3 heteroatoms. The van der Waals surface area contributed by atoms with Gasteiger partial charge in [0, 0.05) is 65.4 Å². The molecule has 0 aliphatic carbocycles. The van der Waals surface area contributed by atoms with Gasteiger partial charge in [-0.3, -0.25) is 6.29 Å². The van der Waals surface area contributed by atoms with Crippen molar-refractivity contribution in [2.75, 3.05) is 0 Å². The first-order valence-electron chi connectivity index (χ1n) is 1.41. The zero-order chi connectivity index (χ0) is 4.71. The minimum atomic E-state index is 0. The molecule has 9 heavy (non-hydrogen) atoms. The van der Waals surface area contributed by atoms with E-state index in [-0.39, 0.29) is 80.3 Å². The molecule has 0 bridgehead atoms. The molecule has 0 amide bonds. The fraction of sp³-hybridized carbons (Fsp3) is 0.333. The van der Waals surface area contributed by atoms with E-state index >= 15 is 0 Å². The second-order valence-corrected chi connectivity index (χ2v) is 0.204. The van der Waals surface area contributed by atoms with Crippen molar-refractivity contribution in [3.63, 3.8) is 0 Å². The summed E-state index contributed by atoms with van der Waals surface area (Å²) in [6.45, 7) is 6.32. The number of hydrogen-bond donors (Lipinski definition) is 0. The summed E-state index contributed by atoms with van der Waals surface area (Å²) in [5.41, 5.74) is 0. The summed E-state index contributed by atoms with van der Waals surface area (Å²) in [5, 5.41) is 0. The predicted molar refractivity (Wildman–Crippen MR) is 35.2 cm³/mol. The van der Waals surface area contributed by atoms with Gasteiger partial charge in [0.2, 0.25) is 0 Å². The molecule has 0 heterocycles. The Morgan fingerprint density at radius 3 is 1.11 bits per heavy atom. The van der Waals surface area contributed by atoms with Crippen molar-refractivity contribution >= 4 is 6.29 Å². The Morgan fingerprint density at radius 1 is 1.11 bits per heavy atom. The average Bonchev–Trinajstić information content (AvgIpc) is 1.46. The SMILES string of the molecule is C[C-]=O.[CH2-]C.[CH3-].[CH3-].[Y].[Y]. The van der Waals surface area contributed by atoms with Crippen molar-refractivity contribution < 1.29 is 70.2 Å². The molecular weight excluding hydrogens is 266 g/mol. The third kappa shape index (κ3) is 174. The van der Waals surface area contributed by atoms with E-state index in [0.717, 1.165) is 0 Å². The summed E-state index contributed by atoms with van der Waals surface area (Å²) in [6.07, 6.45) is 1.50. The summed E-state index contributed by atoms with van der Waals surface area (Å²) < 4.78 is 0. The largest absolute Gasteiger partial charge is 0.542 e. The van der Waals surface area contributed by atoms with E-state index in [1.165, 1.54) is 13.2 Å². The Bertz CT molecular complexity index is 18.5. The van der Waals surface area contributed by atoms with Crippen LogP contribution in [0.15, 0.2) is 0 Å². The van der Waals surface area contributed by atoms with Crippen molar-refractivity contribution in [3.05, 3.63) is 21.8 Å². The van der Waals surface area contributed by atoms with Gasteiger partial charge in [-0.25, -0.2) is 0 Å². The molecule has 54 valence electrons. The van der Waals surface area contributed by atoms with E-state index in [1.807, 2.05) is 0 Å². The van der Waals surface area contributed by atoms with Gasteiger partial charge in [-0.15, -0.1) is 0 Å². The van der Waals surface area contributed by atoms with Crippen molar-refractivity contribution in [1.82, 2.24) is 0 Å². The van der Waals surface area contributed by atoms with E-state index in [9.17, 15) is 0 Å². The first-order valence-corrected chi connectivity index (χ1v) is 1.41.